The Kier molecular flexibility index (Phi) is 9.56. The summed E-state index contributed by atoms with van der Waals surface area (Å²) in [5.41, 5.74) is 2.69. The first kappa shape index (κ1) is 29.9. The van der Waals surface area contributed by atoms with Crippen LogP contribution in [0, 0.1) is 13.8 Å². The molecule has 208 valence electrons. The van der Waals surface area contributed by atoms with Crippen molar-refractivity contribution in [2.45, 2.75) is 71.0 Å². The van der Waals surface area contributed by atoms with Crippen LogP contribution in [0.4, 0.5) is 5.69 Å². The van der Waals surface area contributed by atoms with E-state index in [0.29, 0.717) is 12.1 Å². The Morgan fingerprint density at radius 2 is 1.51 bits per heavy atom. The molecule has 39 heavy (non-hydrogen) atoms. The molecule has 0 aliphatic carbocycles. The Balaban J connectivity index is 2.05. The highest BCUT2D eigenvalue weighted by Crippen LogP contribution is 2.25. The quantitative estimate of drug-likeness (QED) is 0.376. The highest BCUT2D eigenvalue weighted by atomic mass is 32.2. The van der Waals surface area contributed by atoms with Crippen LogP contribution in [0.5, 0.6) is 0 Å². The van der Waals surface area contributed by atoms with Crippen molar-refractivity contribution >= 4 is 27.5 Å². The van der Waals surface area contributed by atoms with Crippen LogP contribution in [0.2, 0.25) is 0 Å². The third-order valence-electron chi connectivity index (χ3n) is 6.25. The van der Waals surface area contributed by atoms with E-state index in [2.05, 4.69) is 5.32 Å². The number of nitrogens with zero attached hydrogens (tertiary/aromatic N) is 2. The predicted molar refractivity (Wildman–Crippen MR) is 156 cm³/mol. The molecule has 0 aliphatic heterocycles. The minimum atomic E-state index is -4.08. The maximum Gasteiger partial charge on any atom is 0.264 e. The molecule has 0 bridgehead atoms. The number of anilines is 1. The van der Waals surface area contributed by atoms with E-state index in [1.165, 1.54) is 4.90 Å². The number of amides is 2. The maximum atomic E-state index is 14.1. The van der Waals surface area contributed by atoms with Crippen molar-refractivity contribution in [1.29, 1.82) is 0 Å². The zero-order chi connectivity index (χ0) is 28.8. The van der Waals surface area contributed by atoms with Gasteiger partial charge in [0.2, 0.25) is 11.8 Å². The Hall–Kier alpha value is -3.65. The van der Waals surface area contributed by atoms with Gasteiger partial charge in [0.25, 0.3) is 10.0 Å². The normalized spacial score (nSPS) is 12.5. The molecule has 0 spiro atoms. The Labute approximate surface area is 232 Å². The molecule has 3 rings (SSSR count). The fourth-order valence-corrected chi connectivity index (χ4v) is 5.75. The van der Waals surface area contributed by atoms with Crippen LogP contribution in [0.3, 0.4) is 0 Å². The monoisotopic (exact) mass is 549 g/mol. The molecule has 0 radical (unpaired) electrons. The highest BCUT2D eigenvalue weighted by molar-refractivity contribution is 7.92. The van der Waals surface area contributed by atoms with Crippen molar-refractivity contribution in [3.8, 4) is 0 Å². The van der Waals surface area contributed by atoms with Gasteiger partial charge in [0.15, 0.2) is 0 Å². The number of hydrogen-bond donors (Lipinski definition) is 1. The number of sulfonamides is 1. The number of rotatable bonds is 10. The average Bonchev–Trinajstić information content (AvgIpc) is 2.86. The van der Waals surface area contributed by atoms with Gasteiger partial charge >= 0.3 is 0 Å². The lowest BCUT2D eigenvalue weighted by Crippen LogP contribution is -2.55. The lowest BCUT2D eigenvalue weighted by Gasteiger charge is -2.34. The van der Waals surface area contributed by atoms with Gasteiger partial charge in [0, 0.05) is 12.1 Å². The molecule has 0 unspecified atom stereocenters. The van der Waals surface area contributed by atoms with Crippen LogP contribution < -0.4 is 9.62 Å². The van der Waals surface area contributed by atoms with E-state index in [1.807, 2.05) is 65.8 Å². The molecule has 0 heterocycles. The van der Waals surface area contributed by atoms with Crippen molar-refractivity contribution in [3.63, 3.8) is 0 Å². The van der Waals surface area contributed by atoms with Crippen molar-refractivity contribution in [2.75, 3.05) is 10.8 Å². The van der Waals surface area contributed by atoms with Gasteiger partial charge in [-0.2, -0.15) is 0 Å². The van der Waals surface area contributed by atoms with Gasteiger partial charge in [-0.05, 0) is 70.9 Å². The second-order valence-electron chi connectivity index (χ2n) is 10.8. The molecule has 0 saturated carbocycles. The minimum absolute atomic E-state index is 0.0903. The van der Waals surface area contributed by atoms with Crippen LogP contribution in [-0.4, -0.2) is 43.3 Å². The van der Waals surface area contributed by atoms with Gasteiger partial charge in [0.05, 0.1) is 10.6 Å². The number of carbonyl (C=O) groups excluding carboxylic acids is 2. The SMILES string of the molecule is CC[C@H](C(=O)NC(C)(C)C)N(Cc1cccc(C)c1)C(=O)CN(c1ccccc1)S(=O)(=O)c1ccc(C)cc1. The van der Waals surface area contributed by atoms with E-state index in [-0.39, 0.29) is 17.3 Å². The standard InChI is InChI=1S/C31H39N3O4S/c1-7-28(30(36)32-31(4,5)6)33(21-25-13-11-12-24(3)20-25)29(35)22-34(26-14-9-8-10-15-26)39(37,38)27-18-16-23(2)17-19-27/h8-20,28H,7,21-22H2,1-6H3,(H,32,36)/t28-/m1/s1. The lowest BCUT2D eigenvalue weighted by atomic mass is 10.0. The van der Waals surface area contributed by atoms with Gasteiger partial charge < -0.3 is 10.2 Å². The molecule has 7 nitrogen and oxygen atoms in total. The van der Waals surface area contributed by atoms with E-state index in [0.717, 1.165) is 21.0 Å². The molecule has 1 atom stereocenters. The van der Waals surface area contributed by atoms with E-state index in [4.69, 9.17) is 0 Å². The predicted octanol–water partition coefficient (Wildman–Crippen LogP) is 5.22. The summed E-state index contributed by atoms with van der Waals surface area (Å²) in [6.45, 7) is 11.1. The minimum Gasteiger partial charge on any atom is -0.350 e. The molecule has 8 heteroatoms. The largest absolute Gasteiger partial charge is 0.350 e. The third kappa shape index (κ3) is 7.93. The summed E-state index contributed by atoms with van der Waals surface area (Å²) in [5.74, 6) is -0.745. The van der Waals surface area contributed by atoms with E-state index >= 15 is 0 Å². The molecule has 0 saturated heterocycles. The summed E-state index contributed by atoms with van der Waals surface area (Å²) >= 11 is 0. The molecular formula is C31H39N3O4S. The van der Waals surface area contributed by atoms with Gasteiger partial charge in [-0.15, -0.1) is 0 Å². The van der Waals surface area contributed by atoms with Crippen LogP contribution in [-0.2, 0) is 26.2 Å². The van der Waals surface area contributed by atoms with Crippen molar-refractivity contribution < 1.29 is 18.0 Å². The number of benzene rings is 3. The Morgan fingerprint density at radius 1 is 0.872 bits per heavy atom. The summed E-state index contributed by atoms with van der Waals surface area (Å²) in [5, 5.41) is 2.98. The van der Waals surface area contributed by atoms with E-state index in [1.54, 1.807) is 54.6 Å². The van der Waals surface area contributed by atoms with Crippen LogP contribution in [0.1, 0.15) is 50.8 Å². The molecule has 0 aromatic heterocycles. The zero-order valence-electron chi connectivity index (χ0n) is 23.6. The number of hydrogen-bond acceptors (Lipinski definition) is 4. The first-order valence-electron chi connectivity index (χ1n) is 13.1. The Bertz CT molecular complexity index is 1380. The topological polar surface area (TPSA) is 86.8 Å². The molecule has 2 amide bonds. The van der Waals surface area contributed by atoms with Crippen LogP contribution >= 0.6 is 0 Å². The second kappa shape index (κ2) is 12.5. The van der Waals surface area contributed by atoms with Crippen LogP contribution in [0.25, 0.3) is 0 Å². The number of carbonyl (C=O) groups is 2. The molecular weight excluding hydrogens is 510 g/mol. The van der Waals surface area contributed by atoms with E-state index < -0.39 is 34.1 Å². The van der Waals surface area contributed by atoms with Crippen molar-refractivity contribution in [1.82, 2.24) is 10.2 Å². The number of nitrogens with one attached hydrogen (secondary N) is 1. The summed E-state index contributed by atoms with van der Waals surface area (Å²) < 4.78 is 28.8. The van der Waals surface area contributed by atoms with Crippen molar-refractivity contribution in [2.24, 2.45) is 0 Å². The highest BCUT2D eigenvalue weighted by Gasteiger charge is 2.34. The Morgan fingerprint density at radius 3 is 2.08 bits per heavy atom. The number of aryl methyl sites for hydroxylation is 2. The summed E-state index contributed by atoms with van der Waals surface area (Å²) in [4.78, 5) is 29.0. The zero-order valence-corrected chi connectivity index (χ0v) is 24.5. The van der Waals surface area contributed by atoms with Gasteiger partial charge in [-0.25, -0.2) is 8.42 Å². The fourth-order valence-electron chi connectivity index (χ4n) is 4.34. The van der Waals surface area contributed by atoms with Gasteiger partial charge in [0.1, 0.15) is 12.6 Å². The smallest absolute Gasteiger partial charge is 0.264 e. The van der Waals surface area contributed by atoms with Crippen molar-refractivity contribution in [3.05, 3.63) is 95.6 Å². The molecule has 1 N–H and O–H groups in total. The molecule has 3 aromatic carbocycles. The maximum absolute atomic E-state index is 14.1. The van der Waals surface area contributed by atoms with E-state index in [9.17, 15) is 18.0 Å². The summed E-state index contributed by atoms with van der Waals surface area (Å²) in [6.07, 6.45) is 0.371. The second-order valence-corrected chi connectivity index (χ2v) is 12.7. The molecule has 3 aromatic rings. The average molecular weight is 550 g/mol. The number of para-hydroxylation sites is 1. The lowest BCUT2D eigenvalue weighted by molar-refractivity contribution is -0.141. The van der Waals surface area contributed by atoms with Gasteiger partial charge in [-0.1, -0.05) is 72.6 Å². The van der Waals surface area contributed by atoms with Gasteiger partial charge in [-0.3, -0.25) is 13.9 Å². The first-order valence-corrected chi connectivity index (χ1v) is 14.6. The molecule has 0 fully saturated rings. The van der Waals surface area contributed by atoms with Crippen LogP contribution in [0.15, 0.2) is 83.8 Å². The summed E-state index contributed by atoms with van der Waals surface area (Å²) in [7, 11) is -4.08. The third-order valence-corrected chi connectivity index (χ3v) is 8.04. The first-order chi connectivity index (χ1) is 18.3. The fraction of sp³-hybridized carbons (Fsp3) is 0.355. The summed E-state index contributed by atoms with van der Waals surface area (Å²) in [6, 6.07) is 22.1. The molecule has 0 aliphatic rings.